The van der Waals surface area contributed by atoms with E-state index in [1.54, 1.807) is 0 Å². The summed E-state index contributed by atoms with van der Waals surface area (Å²) in [4.78, 5) is 22.4. The fourth-order valence-electron chi connectivity index (χ4n) is 1.52. The monoisotopic (exact) mass is 286 g/mol. The molecule has 0 bridgehead atoms. The van der Waals surface area contributed by atoms with Crippen molar-refractivity contribution >= 4 is 21.8 Å². The highest BCUT2D eigenvalue weighted by atomic mass is 32.2. The number of benzene rings is 1. The lowest BCUT2D eigenvalue weighted by molar-refractivity contribution is -0.156. The predicted octanol–water partition coefficient (Wildman–Crippen LogP) is 0.506. The molecule has 1 atom stereocenters. The SMILES string of the molecule is COC(=O)C(Cc1ccc(S(C)(=O)=O)cc1)C(=O)O. The Morgan fingerprint density at radius 2 is 1.79 bits per heavy atom. The zero-order valence-electron chi connectivity index (χ0n) is 10.5. The molecular weight excluding hydrogens is 272 g/mol. The highest BCUT2D eigenvalue weighted by molar-refractivity contribution is 7.90. The van der Waals surface area contributed by atoms with Gasteiger partial charge in [-0.1, -0.05) is 12.1 Å². The second kappa shape index (κ2) is 5.83. The Bertz CT molecular complexity index is 573. The van der Waals surface area contributed by atoms with Gasteiger partial charge in [0.05, 0.1) is 12.0 Å². The normalized spacial score (nSPS) is 12.7. The number of rotatable bonds is 5. The van der Waals surface area contributed by atoms with Crippen LogP contribution < -0.4 is 0 Å². The minimum Gasteiger partial charge on any atom is -0.481 e. The van der Waals surface area contributed by atoms with Crippen molar-refractivity contribution in [2.24, 2.45) is 5.92 Å². The lowest BCUT2D eigenvalue weighted by atomic mass is 10.00. The van der Waals surface area contributed by atoms with Gasteiger partial charge < -0.3 is 9.84 Å². The summed E-state index contributed by atoms with van der Waals surface area (Å²) >= 11 is 0. The number of carbonyl (C=O) groups excluding carboxylic acids is 1. The quantitative estimate of drug-likeness (QED) is 0.625. The number of ether oxygens (including phenoxy) is 1. The van der Waals surface area contributed by atoms with Crippen molar-refractivity contribution in [3.8, 4) is 0 Å². The first-order valence-electron chi connectivity index (χ1n) is 5.35. The Hall–Kier alpha value is -1.89. The van der Waals surface area contributed by atoms with Crippen LogP contribution in [0, 0.1) is 5.92 Å². The van der Waals surface area contributed by atoms with Crippen molar-refractivity contribution in [2.75, 3.05) is 13.4 Å². The summed E-state index contributed by atoms with van der Waals surface area (Å²) in [5.74, 6) is -3.41. The number of methoxy groups -OCH3 is 1. The summed E-state index contributed by atoms with van der Waals surface area (Å²) in [5.41, 5.74) is 0.546. The molecule has 1 N–H and O–H groups in total. The topological polar surface area (TPSA) is 97.7 Å². The Labute approximate surface area is 110 Å². The number of carbonyl (C=O) groups is 2. The van der Waals surface area contributed by atoms with E-state index in [-0.39, 0.29) is 11.3 Å². The van der Waals surface area contributed by atoms with E-state index in [1.807, 2.05) is 0 Å². The average Bonchev–Trinajstić information content (AvgIpc) is 2.34. The third-order valence-electron chi connectivity index (χ3n) is 2.58. The van der Waals surface area contributed by atoms with Crippen LogP contribution in [-0.2, 0) is 30.6 Å². The van der Waals surface area contributed by atoms with Crippen LogP contribution in [0.1, 0.15) is 5.56 Å². The van der Waals surface area contributed by atoms with E-state index in [9.17, 15) is 18.0 Å². The van der Waals surface area contributed by atoms with Gasteiger partial charge in [0.15, 0.2) is 15.8 Å². The van der Waals surface area contributed by atoms with Crippen molar-refractivity contribution in [1.82, 2.24) is 0 Å². The van der Waals surface area contributed by atoms with Crippen LogP contribution in [-0.4, -0.2) is 38.8 Å². The molecule has 0 saturated heterocycles. The van der Waals surface area contributed by atoms with Crippen LogP contribution >= 0.6 is 0 Å². The van der Waals surface area contributed by atoms with Crippen molar-refractivity contribution in [2.45, 2.75) is 11.3 Å². The minimum atomic E-state index is -3.29. The number of aliphatic carboxylic acids is 1. The van der Waals surface area contributed by atoms with Crippen LogP contribution in [0.5, 0.6) is 0 Å². The highest BCUT2D eigenvalue weighted by Crippen LogP contribution is 2.15. The van der Waals surface area contributed by atoms with Gasteiger partial charge in [-0.2, -0.15) is 0 Å². The van der Waals surface area contributed by atoms with E-state index in [0.717, 1.165) is 13.4 Å². The standard InChI is InChI=1S/C12H14O6S/c1-18-12(15)10(11(13)14)7-8-3-5-9(6-4-8)19(2,16)17/h3-6,10H,7H2,1-2H3,(H,13,14). The average molecular weight is 286 g/mol. The summed E-state index contributed by atoms with van der Waals surface area (Å²) in [6, 6.07) is 5.71. The zero-order valence-corrected chi connectivity index (χ0v) is 11.3. The van der Waals surface area contributed by atoms with Gasteiger partial charge in [-0.3, -0.25) is 9.59 Å². The van der Waals surface area contributed by atoms with E-state index in [4.69, 9.17) is 5.11 Å². The Balaban J connectivity index is 2.93. The first-order valence-corrected chi connectivity index (χ1v) is 7.24. The smallest absolute Gasteiger partial charge is 0.320 e. The summed E-state index contributed by atoms with van der Waals surface area (Å²) in [7, 11) is -2.18. The van der Waals surface area contributed by atoms with E-state index in [0.29, 0.717) is 5.56 Å². The maximum Gasteiger partial charge on any atom is 0.320 e. The van der Waals surface area contributed by atoms with E-state index >= 15 is 0 Å². The molecular formula is C12H14O6S. The molecule has 104 valence electrons. The van der Waals surface area contributed by atoms with Gasteiger partial charge in [0.25, 0.3) is 0 Å². The molecule has 0 aromatic heterocycles. The van der Waals surface area contributed by atoms with Crippen molar-refractivity contribution in [3.63, 3.8) is 0 Å². The maximum absolute atomic E-state index is 11.3. The Kier molecular flexibility index (Phi) is 4.66. The van der Waals surface area contributed by atoms with Gasteiger partial charge in [0.2, 0.25) is 0 Å². The summed E-state index contributed by atoms with van der Waals surface area (Å²) in [5, 5.41) is 8.92. The summed E-state index contributed by atoms with van der Waals surface area (Å²) in [6.45, 7) is 0. The molecule has 0 fully saturated rings. The number of hydrogen-bond acceptors (Lipinski definition) is 5. The summed E-state index contributed by atoms with van der Waals surface area (Å²) < 4.78 is 26.9. The largest absolute Gasteiger partial charge is 0.481 e. The van der Waals surface area contributed by atoms with Crippen LogP contribution in [0.4, 0.5) is 0 Å². The molecule has 0 saturated carbocycles. The highest BCUT2D eigenvalue weighted by Gasteiger charge is 2.27. The molecule has 1 aromatic carbocycles. The molecule has 0 amide bonds. The molecule has 0 heterocycles. The molecule has 1 aromatic rings. The predicted molar refractivity (Wildman–Crippen MR) is 66.4 cm³/mol. The van der Waals surface area contributed by atoms with E-state index in [1.165, 1.54) is 24.3 Å². The lowest BCUT2D eigenvalue weighted by Crippen LogP contribution is -2.27. The van der Waals surface area contributed by atoms with Gasteiger partial charge in [0, 0.05) is 6.26 Å². The molecule has 0 radical (unpaired) electrons. The van der Waals surface area contributed by atoms with Gasteiger partial charge in [-0.05, 0) is 24.1 Å². The fraction of sp³-hybridized carbons (Fsp3) is 0.333. The minimum absolute atomic E-state index is 0.0496. The van der Waals surface area contributed by atoms with Gasteiger partial charge in [-0.25, -0.2) is 8.42 Å². The number of esters is 1. The number of sulfone groups is 1. The van der Waals surface area contributed by atoms with E-state index < -0.39 is 27.7 Å². The molecule has 1 rings (SSSR count). The number of carboxylic acid groups (broad SMARTS) is 1. The molecule has 0 spiro atoms. The van der Waals surface area contributed by atoms with Crippen molar-refractivity contribution in [1.29, 1.82) is 0 Å². The van der Waals surface area contributed by atoms with Crippen LogP contribution in [0.3, 0.4) is 0 Å². The summed E-state index contributed by atoms with van der Waals surface area (Å²) in [6.07, 6.45) is 1.03. The first kappa shape index (κ1) is 15.2. The van der Waals surface area contributed by atoms with Crippen LogP contribution in [0.2, 0.25) is 0 Å². The van der Waals surface area contributed by atoms with Gasteiger partial charge in [-0.15, -0.1) is 0 Å². The Morgan fingerprint density at radius 1 is 1.26 bits per heavy atom. The third kappa shape index (κ3) is 4.06. The van der Waals surface area contributed by atoms with Crippen LogP contribution in [0.25, 0.3) is 0 Å². The Morgan fingerprint density at radius 3 is 2.16 bits per heavy atom. The van der Waals surface area contributed by atoms with Crippen molar-refractivity contribution < 1.29 is 27.9 Å². The van der Waals surface area contributed by atoms with E-state index in [2.05, 4.69) is 4.74 Å². The first-order chi connectivity index (χ1) is 8.75. The molecule has 7 heteroatoms. The maximum atomic E-state index is 11.3. The number of carboxylic acids is 1. The van der Waals surface area contributed by atoms with Gasteiger partial charge >= 0.3 is 11.9 Å². The lowest BCUT2D eigenvalue weighted by Gasteiger charge is -2.10. The molecule has 1 unspecified atom stereocenters. The third-order valence-corrected chi connectivity index (χ3v) is 3.70. The molecule has 6 nitrogen and oxygen atoms in total. The number of hydrogen-bond donors (Lipinski definition) is 1. The molecule has 0 aliphatic rings. The fourth-order valence-corrected chi connectivity index (χ4v) is 2.15. The molecule has 19 heavy (non-hydrogen) atoms. The second-order valence-corrected chi connectivity index (χ2v) is 6.05. The van der Waals surface area contributed by atoms with Crippen molar-refractivity contribution in [3.05, 3.63) is 29.8 Å². The zero-order chi connectivity index (χ0) is 14.6. The van der Waals surface area contributed by atoms with Gasteiger partial charge in [0.1, 0.15) is 0 Å². The second-order valence-electron chi connectivity index (χ2n) is 4.03. The van der Waals surface area contributed by atoms with Crippen LogP contribution in [0.15, 0.2) is 29.2 Å². The molecule has 0 aliphatic carbocycles. The molecule has 0 aliphatic heterocycles.